The summed E-state index contributed by atoms with van der Waals surface area (Å²) < 4.78 is 7.73. The number of aryl methyl sites for hydroxylation is 1. The van der Waals surface area contributed by atoms with Crippen molar-refractivity contribution in [3.05, 3.63) is 81.1 Å². The zero-order chi connectivity index (χ0) is 22.7. The zero-order valence-corrected chi connectivity index (χ0v) is 19.4. The first-order valence-corrected chi connectivity index (χ1v) is 11.8. The fourth-order valence-electron chi connectivity index (χ4n) is 3.87. The fourth-order valence-corrected chi connectivity index (χ4v) is 4.79. The number of rotatable bonds is 7. The van der Waals surface area contributed by atoms with Gasteiger partial charge in [0.1, 0.15) is 11.6 Å². The Hall–Kier alpha value is -3.06. The average Bonchev–Trinajstić information content (AvgIpc) is 2.79. The molecule has 0 radical (unpaired) electrons. The molecule has 1 aliphatic heterocycles. The van der Waals surface area contributed by atoms with Gasteiger partial charge in [-0.3, -0.25) is 9.59 Å². The summed E-state index contributed by atoms with van der Waals surface area (Å²) in [4.78, 5) is 30.2. The molecule has 0 saturated carbocycles. The summed E-state index contributed by atoms with van der Waals surface area (Å²) in [5, 5.41) is 3.48. The molecule has 3 aromatic rings. The molecule has 0 saturated heterocycles. The number of hydrogen-bond acceptors (Lipinski definition) is 5. The third-order valence-corrected chi connectivity index (χ3v) is 6.65. The molecule has 1 unspecified atom stereocenters. The van der Waals surface area contributed by atoms with E-state index in [0.29, 0.717) is 34.6 Å². The predicted molar refractivity (Wildman–Crippen MR) is 128 cm³/mol. The molecule has 0 aliphatic carbocycles. The van der Waals surface area contributed by atoms with Crippen LogP contribution in [0.15, 0.2) is 58.5 Å². The number of fused-ring (bicyclic) bond motifs is 1. The van der Waals surface area contributed by atoms with Crippen LogP contribution in [-0.4, -0.2) is 22.1 Å². The monoisotopic (exact) mass is 449 g/mol. The highest BCUT2D eigenvalue weighted by Gasteiger charge is 2.33. The van der Waals surface area contributed by atoms with E-state index in [9.17, 15) is 9.59 Å². The Balaban J connectivity index is 1.70. The Bertz CT molecular complexity index is 1190. The first-order valence-electron chi connectivity index (χ1n) is 10.8. The standard InChI is InChI=1S/C25H27N3O3S/c1-4-13-31-20-8-6-5-7-18(20)19-14-21(29)26-23-22(19)24(30)27-25(28(23)3)32-15-17-11-9-16(2)10-12-17/h5-12,19H,4,13-15H2,1-3H3,(H,26,29). The van der Waals surface area contributed by atoms with Crippen molar-refractivity contribution in [3.63, 3.8) is 0 Å². The van der Waals surface area contributed by atoms with Crippen molar-refractivity contribution in [3.8, 4) is 5.75 Å². The third kappa shape index (κ3) is 4.58. The van der Waals surface area contributed by atoms with Crippen LogP contribution < -0.4 is 15.6 Å². The largest absolute Gasteiger partial charge is 0.493 e. The van der Waals surface area contributed by atoms with E-state index in [-0.39, 0.29) is 17.9 Å². The van der Waals surface area contributed by atoms with Gasteiger partial charge in [-0.25, -0.2) is 0 Å². The second-order valence-electron chi connectivity index (χ2n) is 7.99. The molecule has 6 nitrogen and oxygen atoms in total. The number of thioether (sulfide) groups is 1. The smallest absolute Gasteiger partial charge is 0.279 e. The lowest BCUT2D eigenvalue weighted by Gasteiger charge is -2.28. The molecule has 1 N–H and O–H groups in total. The van der Waals surface area contributed by atoms with Crippen molar-refractivity contribution in [2.75, 3.05) is 11.9 Å². The number of para-hydroxylation sites is 1. The summed E-state index contributed by atoms with van der Waals surface area (Å²) in [5.74, 6) is 1.39. The molecule has 166 valence electrons. The van der Waals surface area contributed by atoms with E-state index in [1.165, 1.54) is 17.3 Å². The van der Waals surface area contributed by atoms with Crippen LogP contribution in [0.4, 0.5) is 5.82 Å². The van der Waals surface area contributed by atoms with Crippen LogP contribution in [0, 0.1) is 6.92 Å². The number of carbonyl (C=O) groups is 1. The number of hydrogen-bond donors (Lipinski definition) is 1. The molecule has 0 bridgehead atoms. The van der Waals surface area contributed by atoms with Gasteiger partial charge in [-0.2, -0.15) is 4.98 Å². The average molecular weight is 450 g/mol. The summed E-state index contributed by atoms with van der Waals surface area (Å²) in [5.41, 5.74) is 3.40. The predicted octanol–water partition coefficient (Wildman–Crippen LogP) is 4.64. The molecular weight excluding hydrogens is 422 g/mol. The van der Waals surface area contributed by atoms with Crippen molar-refractivity contribution < 1.29 is 9.53 Å². The second-order valence-corrected chi connectivity index (χ2v) is 8.93. The van der Waals surface area contributed by atoms with Crippen molar-refractivity contribution in [1.29, 1.82) is 0 Å². The molecule has 7 heteroatoms. The first-order chi connectivity index (χ1) is 15.5. The van der Waals surface area contributed by atoms with E-state index in [0.717, 1.165) is 17.5 Å². The van der Waals surface area contributed by atoms with Gasteiger partial charge in [-0.15, -0.1) is 0 Å². The van der Waals surface area contributed by atoms with E-state index in [1.54, 1.807) is 0 Å². The van der Waals surface area contributed by atoms with Crippen LogP contribution in [0.3, 0.4) is 0 Å². The van der Waals surface area contributed by atoms with Crippen LogP contribution in [-0.2, 0) is 17.6 Å². The highest BCUT2D eigenvalue weighted by molar-refractivity contribution is 7.98. The number of aromatic nitrogens is 2. The van der Waals surface area contributed by atoms with Gasteiger partial charge < -0.3 is 14.6 Å². The minimum atomic E-state index is -0.394. The molecule has 4 rings (SSSR count). The number of benzene rings is 2. The summed E-state index contributed by atoms with van der Waals surface area (Å²) >= 11 is 1.48. The lowest BCUT2D eigenvalue weighted by Crippen LogP contribution is -2.33. The van der Waals surface area contributed by atoms with Crippen LogP contribution >= 0.6 is 11.8 Å². The van der Waals surface area contributed by atoms with Gasteiger partial charge in [0.2, 0.25) is 5.91 Å². The SMILES string of the molecule is CCCOc1ccccc1C1CC(=O)Nc2c1c(=O)nc(SCc1ccc(C)cc1)n2C. The van der Waals surface area contributed by atoms with E-state index in [1.807, 2.05) is 42.8 Å². The molecule has 0 spiro atoms. The molecule has 1 aromatic heterocycles. The van der Waals surface area contributed by atoms with E-state index in [2.05, 4.69) is 41.5 Å². The van der Waals surface area contributed by atoms with Gasteiger partial charge in [0.15, 0.2) is 5.16 Å². The Kier molecular flexibility index (Phi) is 6.65. The highest BCUT2D eigenvalue weighted by Crippen LogP contribution is 2.39. The van der Waals surface area contributed by atoms with Crippen molar-refractivity contribution in [1.82, 2.24) is 9.55 Å². The summed E-state index contributed by atoms with van der Waals surface area (Å²) in [6.45, 7) is 4.67. The molecule has 0 fully saturated rings. The lowest BCUT2D eigenvalue weighted by molar-refractivity contribution is -0.116. The summed E-state index contributed by atoms with van der Waals surface area (Å²) in [6, 6.07) is 15.9. The van der Waals surface area contributed by atoms with Crippen LogP contribution in [0.1, 0.15) is 47.9 Å². The van der Waals surface area contributed by atoms with Crippen molar-refractivity contribution in [2.24, 2.45) is 7.05 Å². The topological polar surface area (TPSA) is 73.2 Å². The summed E-state index contributed by atoms with van der Waals surface area (Å²) in [7, 11) is 1.84. The molecular formula is C25H27N3O3S. The molecule has 32 heavy (non-hydrogen) atoms. The molecule has 2 heterocycles. The zero-order valence-electron chi connectivity index (χ0n) is 18.6. The maximum absolute atomic E-state index is 13.2. The van der Waals surface area contributed by atoms with Gasteiger partial charge in [-0.1, -0.05) is 66.7 Å². The minimum Gasteiger partial charge on any atom is -0.493 e. The Morgan fingerprint density at radius 2 is 1.91 bits per heavy atom. The number of nitrogens with zero attached hydrogens (tertiary/aromatic N) is 2. The number of ether oxygens (including phenoxy) is 1. The number of carbonyl (C=O) groups excluding carboxylic acids is 1. The summed E-state index contributed by atoms with van der Waals surface area (Å²) in [6.07, 6.45) is 1.06. The second kappa shape index (κ2) is 9.61. The maximum atomic E-state index is 13.2. The van der Waals surface area contributed by atoms with Gasteiger partial charge >= 0.3 is 0 Å². The van der Waals surface area contributed by atoms with Gasteiger partial charge in [-0.05, 0) is 25.0 Å². The van der Waals surface area contributed by atoms with Gasteiger partial charge in [0, 0.05) is 30.7 Å². The Morgan fingerprint density at radius 3 is 2.66 bits per heavy atom. The molecule has 1 amide bonds. The lowest BCUT2D eigenvalue weighted by atomic mass is 9.86. The number of amides is 1. The maximum Gasteiger partial charge on any atom is 0.279 e. The van der Waals surface area contributed by atoms with E-state index < -0.39 is 5.92 Å². The van der Waals surface area contributed by atoms with Crippen LogP contribution in [0.2, 0.25) is 0 Å². The highest BCUT2D eigenvalue weighted by atomic mass is 32.2. The van der Waals surface area contributed by atoms with Crippen LogP contribution in [0.5, 0.6) is 5.75 Å². The normalized spacial score (nSPS) is 15.2. The Morgan fingerprint density at radius 1 is 1.16 bits per heavy atom. The van der Waals surface area contributed by atoms with Gasteiger partial charge in [0.25, 0.3) is 5.56 Å². The molecule has 1 atom stereocenters. The third-order valence-electron chi connectivity index (χ3n) is 5.55. The Labute approximate surface area is 192 Å². The van der Waals surface area contributed by atoms with Crippen LogP contribution in [0.25, 0.3) is 0 Å². The van der Waals surface area contributed by atoms with Gasteiger partial charge in [0.05, 0.1) is 12.2 Å². The van der Waals surface area contributed by atoms with E-state index >= 15 is 0 Å². The minimum absolute atomic E-state index is 0.122. The van der Waals surface area contributed by atoms with Crippen molar-refractivity contribution in [2.45, 2.75) is 43.5 Å². The number of nitrogens with one attached hydrogen (secondary N) is 1. The fraction of sp³-hybridized carbons (Fsp3) is 0.320. The van der Waals surface area contributed by atoms with E-state index in [4.69, 9.17) is 4.74 Å². The quantitative estimate of drug-likeness (QED) is 0.420. The molecule has 2 aromatic carbocycles. The first kappa shape index (κ1) is 22.1. The molecule has 1 aliphatic rings. The number of anilines is 1. The van der Waals surface area contributed by atoms with Crippen molar-refractivity contribution >= 4 is 23.5 Å².